The molecule has 0 saturated heterocycles. The quantitative estimate of drug-likeness (QED) is 0.791. The third kappa shape index (κ3) is 5.46. The lowest BCUT2D eigenvalue weighted by Crippen LogP contribution is -2.19. The highest BCUT2D eigenvalue weighted by molar-refractivity contribution is 6.10. The molecule has 2 N–H and O–H groups in total. The predicted octanol–water partition coefficient (Wildman–Crippen LogP) is 3.14. The maximum Gasteiger partial charge on any atom is 0.306 e. The fourth-order valence-electron chi connectivity index (χ4n) is 2.24. The monoisotopic (exact) mass is 340 g/mol. The Morgan fingerprint density at radius 1 is 0.960 bits per heavy atom. The second-order valence-electron chi connectivity index (χ2n) is 5.49. The summed E-state index contributed by atoms with van der Waals surface area (Å²) in [6.45, 7) is 1.94. The lowest BCUT2D eigenvalue weighted by molar-refractivity contribution is -0.141. The molecule has 0 saturated carbocycles. The van der Waals surface area contributed by atoms with E-state index < -0.39 is 5.97 Å². The molecule has 0 aromatic heterocycles. The zero-order valence-corrected chi connectivity index (χ0v) is 14.2. The molecule has 0 aliphatic carbocycles. The second-order valence-corrected chi connectivity index (χ2v) is 5.49. The van der Waals surface area contributed by atoms with Gasteiger partial charge < -0.3 is 15.4 Å². The number of anilines is 2. The molecule has 0 radical (unpaired) electrons. The number of hydrogen-bond acceptors (Lipinski definition) is 4. The maximum absolute atomic E-state index is 12.5. The number of aryl methyl sites for hydroxylation is 1. The SMILES string of the molecule is COC(=O)CCC(=O)Nc1ccccc1C(=O)Nc1cccc(C)c1. The molecular weight excluding hydrogens is 320 g/mol. The van der Waals surface area contributed by atoms with Crippen LogP contribution in [0.4, 0.5) is 11.4 Å². The van der Waals surface area contributed by atoms with Crippen molar-refractivity contribution in [2.75, 3.05) is 17.7 Å². The van der Waals surface area contributed by atoms with Crippen molar-refractivity contribution in [2.45, 2.75) is 19.8 Å². The number of benzene rings is 2. The highest BCUT2D eigenvalue weighted by atomic mass is 16.5. The van der Waals surface area contributed by atoms with Crippen LogP contribution >= 0.6 is 0 Å². The summed E-state index contributed by atoms with van der Waals surface area (Å²) in [4.78, 5) is 35.6. The van der Waals surface area contributed by atoms with Gasteiger partial charge in [0.05, 0.1) is 24.8 Å². The van der Waals surface area contributed by atoms with Gasteiger partial charge in [0.1, 0.15) is 0 Å². The first-order valence-corrected chi connectivity index (χ1v) is 7.83. The third-order valence-electron chi connectivity index (χ3n) is 3.51. The fourth-order valence-corrected chi connectivity index (χ4v) is 2.24. The van der Waals surface area contributed by atoms with Gasteiger partial charge in [-0.05, 0) is 36.8 Å². The Labute approximate surface area is 146 Å². The number of amides is 2. The summed E-state index contributed by atoms with van der Waals surface area (Å²) in [6, 6.07) is 14.1. The van der Waals surface area contributed by atoms with E-state index in [0.717, 1.165) is 5.56 Å². The number of methoxy groups -OCH3 is 1. The summed E-state index contributed by atoms with van der Waals surface area (Å²) in [5.41, 5.74) is 2.44. The molecule has 2 amide bonds. The molecule has 130 valence electrons. The van der Waals surface area contributed by atoms with Crippen molar-refractivity contribution in [1.82, 2.24) is 0 Å². The van der Waals surface area contributed by atoms with Crippen molar-refractivity contribution in [1.29, 1.82) is 0 Å². The first-order chi connectivity index (χ1) is 12.0. The molecule has 0 bridgehead atoms. The fraction of sp³-hybridized carbons (Fsp3) is 0.211. The first kappa shape index (κ1) is 18.2. The lowest BCUT2D eigenvalue weighted by atomic mass is 10.1. The van der Waals surface area contributed by atoms with Gasteiger partial charge in [-0.15, -0.1) is 0 Å². The molecule has 6 heteroatoms. The van der Waals surface area contributed by atoms with Crippen LogP contribution in [0.15, 0.2) is 48.5 Å². The summed E-state index contributed by atoms with van der Waals surface area (Å²) in [7, 11) is 1.27. The van der Waals surface area contributed by atoms with Crippen LogP contribution in [0.2, 0.25) is 0 Å². The maximum atomic E-state index is 12.5. The van der Waals surface area contributed by atoms with Gasteiger partial charge >= 0.3 is 5.97 Å². The van der Waals surface area contributed by atoms with Crippen molar-refractivity contribution in [3.63, 3.8) is 0 Å². The molecule has 0 aliphatic rings. The van der Waals surface area contributed by atoms with Gasteiger partial charge in [-0.1, -0.05) is 24.3 Å². The molecule has 0 fully saturated rings. The average molecular weight is 340 g/mol. The molecule has 0 aliphatic heterocycles. The normalized spacial score (nSPS) is 10.0. The zero-order chi connectivity index (χ0) is 18.2. The Morgan fingerprint density at radius 3 is 2.44 bits per heavy atom. The van der Waals surface area contributed by atoms with Crippen LogP contribution in [0.25, 0.3) is 0 Å². The molecule has 0 heterocycles. The first-order valence-electron chi connectivity index (χ1n) is 7.83. The molecule has 25 heavy (non-hydrogen) atoms. The van der Waals surface area contributed by atoms with E-state index >= 15 is 0 Å². The van der Waals surface area contributed by atoms with Gasteiger partial charge in [-0.25, -0.2) is 0 Å². The van der Waals surface area contributed by atoms with Crippen LogP contribution in [0, 0.1) is 6.92 Å². The minimum absolute atomic E-state index is 0.0134. The highest BCUT2D eigenvalue weighted by Crippen LogP contribution is 2.18. The van der Waals surface area contributed by atoms with Crippen LogP contribution in [-0.4, -0.2) is 24.9 Å². The zero-order valence-electron chi connectivity index (χ0n) is 14.2. The standard InChI is InChI=1S/C19H20N2O4/c1-13-6-5-7-14(12-13)20-19(24)15-8-3-4-9-16(15)21-17(22)10-11-18(23)25-2/h3-9,12H,10-11H2,1-2H3,(H,20,24)(H,21,22). The molecule has 2 aromatic carbocycles. The number of carbonyl (C=O) groups is 3. The smallest absolute Gasteiger partial charge is 0.306 e. The van der Waals surface area contributed by atoms with E-state index in [1.165, 1.54) is 7.11 Å². The number of ether oxygens (including phenoxy) is 1. The molecule has 0 unspecified atom stereocenters. The minimum atomic E-state index is -0.458. The van der Waals surface area contributed by atoms with Crippen molar-refractivity contribution < 1.29 is 19.1 Å². The van der Waals surface area contributed by atoms with Gasteiger partial charge in [0, 0.05) is 12.1 Å². The number of para-hydroxylation sites is 1. The van der Waals surface area contributed by atoms with E-state index in [1.807, 2.05) is 25.1 Å². The van der Waals surface area contributed by atoms with Crippen LogP contribution < -0.4 is 10.6 Å². The van der Waals surface area contributed by atoms with Crippen LogP contribution in [0.1, 0.15) is 28.8 Å². The van der Waals surface area contributed by atoms with Crippen LogP contribution in [0.3, 0.4) is 0 Å². The Bertz CT molecular complexity index is 786. The Morgan fingerprint density at radius 2 is 1.72 bits per heavy atom. The number of rotatable bonds is 6. The van der Waals surface area contributed by atoms with E-state index in [9.17, 15) is 14.4 Å². The third-order valence-corrected chi connectivity index (χ3v) is 3.51. The molecular formula is C19H20N2O4. The second kappa shape index (κ2) is 8.63. The van der Waals surface area contributed by atoms with E-state index in [-0.39, 0.29) is 24.7 Å². The molecule has 6 nitrogen and oxygen atoms in total. The molecule has 0 spiro atoms. The molecule has 2 rings (SSSR count). The van der Waals surface area contributed by atoms with E-state index in [4.69, 9.17) is 0 Å². The largest absolute Gasteiger partial charge is 0.469 e. The predicted molar refractivity (Wildman–Crippen MR) is 95.5 cm³/mol. The summed E-state index contributed by atoms with van der Waals surface area (Å²) in [5, 5.41) is 5.47. The van der Waals surface area contributed by atoms with Crippen LogP contribution in [-0.2, 0) is 14.3 Å². The summed E-state index contributed by atoms with van der Waals surface area (Å²) >= 11 is 0. The minimum Gasteiger partial charge on any atom is -0.469 e. The topological polar surface area (TPSA) is 84.5 Å². The number of hydrogen-bond donors (Lipinski definition) is 2. The van der Waals surface area contributed by atoms with Crippen LogP contribution in [0.5, 0.6) is 0 Å². The summed E-state index contributed by atoms with van der Waals surface area (Å²) in [6.07, 6.45) is -0.0273. The average Bonchev–Trinajstić information content (AvgIpc) is 2.60. The Kier molecular flexibility index (Phi) is 6.28. The summed E-state index contributed by atoms with van der Waals surface area (Å²) < 4.78 is 4.51. The molecule has 0 atom stereocenters. The Hall–Kier alpha value is -3.15. The summed E-state index contributed by atoms with van der Waals surface area (Å²) in [5.74, 6) is -1.14. The van der Waals surface area contributed by atoms with Crippen molar-refractivity contribution in [3.8, 4) is 0 Å². The van der Waals surface area contributed by atoms with Gasteiger partial charge in [0.25, 0.3) is 5.91 Å². The van der Waals surface area contributed by atoms with E-state index in [1.54, 1.807) is 30.3 Å². The van der Waals surface area contributed by atoms with Crippen molar-refractivity contribution >= 4 is 29.2 Å². The van der Waals surface area contributed by atoms with Crippen molar-refractivity contribution in [2.24, 2.45) is 0 Å². The van der Waals surface area contributed by atoms with E-state index in [2.05, 4.69) is 15.4 Å². The highest BCUT2D eigenvalue weighted by Gasteiger charge is 2.14. The van der Waals surface area contributed by atoms with Crippen molar-refractivity contribution in [3.05, 3.63) is 59.7 Å². The molecule has 2 aromatic rings. The van der Waals surface area contributed by atoms with Gasteiger partial charge in [0.2, 0.25) is 5.91 Å². The number of nitrogens with one attached hydrogen (secondary N) is 2. The Balaban J connectivity index is 2.07. The van der Waals surface area contributed by atoms with Gasteiger partial charge in [-0.2, -0.15) is 0 Å². The lowest BCUT2D eigenvalue weighted by Gasteiger charge is -2.11. The van der Waals surface area contributed by atoms with Gasteiger partial charge in [-0.3, -0.25) is 14.4 Å². The van der Waals surface area contributed by atoms with E-state index in [0.29, 0.717) is 16.9 Å². The van der Waals surface area contributed by atoms with Gasteiger partial charge in [0.15, 0.2) is 0 Å². The number of carbonyl (C=O) groups excluding carboxylic acids is 3. The number of esters is 1.